The van der Waals surface area contributed by atoms with Crippen LogP contribution >= 0.6 is 11.6 Å². The third-order valence-corrected chi connectivity index (χ3v) is 9.40. The average Bonchev–Trinajstić information content (AvgIpc) is 2.73. The molecule has 0 spiro atoms. The minimum absolute atomic E-state index is 0.174. The maximum Gasteiger partial charge on any atom is 0.226 e. The molecule has 1 N–H and O–H groups in total. The van der Waals surface area contributed by atoms with E-state index in [2.05, 4.69) is 9.71 Å². The molecule has 170 valence electrons. The molecule has 0 aliphatic rings. The molecule has 0 aliphatic carbocycles. The Morgan fingerprint density at radius 3 is 2.06 bits per heavy atom. The maximum atomic E-state index is 13.3. The quantitative estimate of drug-likeness (QED) is 0.513. The fourth-order valence-corrected chi connectivity index (χ4v) is 7.68. The molecule has 0 aliphatic heterocycles. The molecule has 0 amide bonds. The van der Waals surface area contributed by atoms with E-state index in [1.807, 2.05) is 0 Å². The van der Waals surface area contributed by atoms with Crippen molar-refractivity contribution in [3.05, 3.63) is 77.4 Å². The lowest BCUT2D eigenvalue weighted by Gasteiger charge is -2.15. The summed E-state index contributed by atoms with van der Waals surface area (Å²) < 4.78 is 78.2. The molecule has 0 unspecified atom stereocenters. The Hall–Kier alpha value is -2.31. The highest BCUT2D eigenvalue weighted by molar-refractivity contribution is 7.94. The molecular formula is C20H19ClN2O6S3. The van der Waals surface area contributed by atoms with Gasteiger partial charge in [0.25, 0.3) is 0 Å². The van der Waals surface area contributed by atoms with Gasteiger partial charge in [-0.05, 0) is 48.9 Å². The summed E-state index contributed by atoms with van der Waals surface area (Å²) in [5.74, 6) is 0. The van der Waals surface area contributed by atoms with Gasteiger partial charge in [-0.2, -0.15) is 0 Å². The van der Waals surface area contributed by atoms with Crippen LogP contribution in [0.4, 0.5) is 0 Å². The zero-order valence-electron chi connectivity index (χ0n) is 16.9. The number of pyridine rings is 1. The van der Waals surface area contributed by atoms with Crippen LogP contribution < -0.4 is 4.72 Å². The Balaban J connectivity index is 2.10. The summed E-state index contributed by atoms with van der Waals surface area (Å²) in [6.45, 7) is 1.61. The summed E-state index contributed by atoms with van der Waals surface area (Å²) >= 11 is 6.15. The van der Waals surface area contributed by atoms with E-state index in [0.717, 1.165) is 6.26 Å². The Morgan fingerprint density at radius 1 is 0.844 bits per heavy atom. The second-order valence-corrected chi connectivity index (χ2v) is 12.9. The van der Waals surface area contributed by atoms with E-state index in [4.69, 9.17) is 11.6 Å². The Morgan fingerprint density at radius 2 is 1.50 bits per heavy atom. The Kier molecular flexibility index (Phi) is 6.78. The van der Waals surface area contributed by atoms with Crippen molar-refractivity contribution in [2.24, 2.45) is 0 Å². The first-order valence-electron chi connectivity index (χ1n) is 9.11. The highest BCUT2D eigenvalue weighted by atomic mass is 35.5. The first-order chi connectivity index (χ1) is 14.8. The predicted molar refractivity (Wildman–Crippen MR) is 119 cm³/mol. The SMILES string of the molecule is C[C@H](NS(C)(=O)=O)c1ccc(S(=O)(=O)c2cccc(Cl)c2S(=O)(=O)c2ccccn2)cc1. The van der Waals surface area contributed by atoms with E-state index in [0.29, 0.717) is 5.56 Å². The van der Waals surface area contributed by atoms with E-state index in [1.54, 1.807) is 6.92 Å². The largest absolute Gasteiger partial charge is 0.244 e. The summed E-state index contributed by atoms with van der Waals surface area (Å²) in [6.07, 6.45) is 2.30. The third-order valence-electron chi connectivity index (χ3n) is 4.48. The van der Waals surface area contributed by atoms with E-state index < -0.39 is 45.5 Å². The van der Waals surface area contributed by atoms with Gasteiger partial charge >= 0.3 is 0 Å². The number of hydrogen-bond acceptors (Lipinski definition) is 7. The minimum atomic E-state index is -4.33. The van der Waals surface area contributed by atoms with Crippen molar-refractivity contribution in [2.75, 3.05) is 6.26 Å². The van der Waals surface area contributed by atoms with Gasteiger partial charge < -0.3 is 0 Å². The fourth-order valence-electron chi connectivity index (χ4n) is 3.02. The van der Waals surface area contributed by atoms with Crippen LogP contribution in [0.2, 0.25) is 5.02 Å². The first kappa shape index (κ1) is 24.3. The molecule has 0 radical (unpaired) electrons. The monoisotopic (exact) mass is 514 g/mol. The van der Waals surface area contributed by atoms with Crippen LogP contribution in [0, 0.1) is 0 Å². The number of benzene rings is 2. The molecule has 8 nitrogen and oxygen atoms in total. The second kappa shape index (κ2) is 8.91. The van der Waals surface area contributed by atoms with Crippen LogP contribution in [0.3, 0.4) is 0 Å². The molecule has 1 heterocycles. The number of nitrogens with one attached hydrogen (secondary N) is 1. The van der Waals surface area contributed by atoms with Crippen molar-refractivity contribution >= 4 is 41.3 Å². The number of rotatable bonds is 7. The van der Waals surface area contributed by atoms with E-state index in [-0.39, 0.29) is 14.9 Å². The lowest BCUT2D eigenvalue weighted by atomic mass is 10.1. The van der Waals surface area contributed by atoms with Crippen molar-refractivity contribution in [3.8, 4) is 0 Å². The summed E-state index contributed by atoms with van der Waals surface area (Å²) in [7, 11) is -12.1. The number of nitrogens with zero attached hydrogens (tertiary/aromatic N) is 1. The third kappa shape index (κ3) is 5.02. The number of sulfone groups is 2. The van der Waals surface area contributed by atoms with Gasteiger partial charge in [0.15, 0.2) is 5.03 Å². The zero-order valence-corrected chi connectivity index (χ0v) is 20.1. The summed E-state index contributed by atoms with van der Waals surface area (Å²) in [5, 5.41) is -0.583. The van der Waals surface area contributed by atoms with E-state index >= 15 is 0 Å². The first-order valence-corrected chi connectivity index (χ1v) is 14.3. The molecule has 0 bridgehead atoms. The van der Waals surface area contributed by atoms with Crippen LogP contribution in [0.1, 0.15) is 18.5 Å². The molecule has 32 heavy (non-hydrogen) atoms. The van der Waals surface area contributed by atoms with Crippen LogP contribution in [0.5, 0.6) is 0 Å². The van der Waals surface area contributed by atoms with Gasteiger partial charge in [-0.25, -0.2) is 35.0 Å². The summed E-state index contributed by atoms with van der Waals surface area (Å²) in [6, 6.07) is 12.9. The van der Waals surface area contributed by atoms with Gasteiger partial charge in [-0.15, -0.1) is 0 Å². The van der Waals surface area contributed by atoms with Gasteiger partial charge in [0, 0.05) is 12.2 Å². The van der Waals surface area contributed by atoms with E-state index in [1.165, 1.54) is 66.9 Å². The van der Waals surface area contributed by atoms with Crippen molar-refractivity contribution in [3.63, 3.8) is 0 Å². The summed E-state index contributed by atoms with van der Waals surface area (Å²) in [5.41, 5.74) is 0.529. The number of aromatic nitrogens is 1. The number of sulfonamides is 1. The van der Waals surface area contributed by atoms with Crippen molar-refractivity contribution in [1.29, 1.82) is 0 Å². The van der Waals surface area contributed by atoms with Crippen LogP contribution in [0.25, 0.3) is 0 Å². The minimum Gasteiger partial charge on any atom is -0.244 e. The summed E-state index contributed by atoms with van der Waals surface area (Å²) in [4.78, 5) is 2.61. The van der Waals surface area contributed by atoms with Gasteiger partial charge in [-0.1, -0.05) is 35.9 Å². The molecule has 1 aromatic heterocycles. The van der Waals surface area contributed by atoms with E-state index in [9.17, 15) is 25.3 Å². The van der Waals surface area contributed by atoms with Gasteiger partial charge in [0.05, 0.1) is 21.1 Å². The molecule has 0 saturated carbocycles. The number of halogens is 1. The lowest BCUT2D eigenvalue weighted by molar-refractivity contribution is 0.572. The van der Waals surface area contributed by atoms with Crippen LogP contribution in [-0.2, 0) is 29.7 Å². The molecular weight excluding hydrogens is 496 g/mol. The molecule has 2 aromatic carbocycles. The van der Waals surface area contributed by atoms with Gasteiger partial charge in [-0.3, -0.25) is 0 Å². The molecule has 1 atom stereocenters. The van der Waals surface area contributed by atoms with Crippen molar-refractivity contribution in [2.45, 2.75) is 32.7 Å². The maximum absolute atomic E-state index is 13.3. The average molecular weight is 515 g/mol. The van der Waals surface area contributed by atoms with Gasteiger partial charge in [0.2, 0.25) is 29.7 Å². The van der Waals surface area contributed by atoms with Crippen molar-refractivity contribution in [1.82, 2.24) is 9.71 Å². The highest BCUT2D eigenvalue weighted by Gasteiger charge is 2.32. The van der Waals surface area contributed by atoms with Crippen molar-refractivity contribution < 1.29 is 25.3 Å². The topological polar surface area (TPSA) is 127 Å². The van der Waals surface area contributed by atoms with Crippen LogP contribution in [0.15, 0.2) is 86.6 Å². The predicted octanol–water partition coefficient (Wildman–Crippen LogP) is 3.01. The van der Waals surface area contributed by atoms with Gasteiger partial charge in [0.1, 0.15) is 4.90 Å². The second-order valence-electron chi connectivity index (χ2n) is 6.92. The Bertz CT molecular complexity index is 1460. The molecule has 0 saturated heterocycles. The standard InChI is InChI=1S/C20H19ClN2O6S3/c1-14(23-30(2,24)25)15-9-11-16(12-10-15)31(26,27)18-7-5-6-17(21)20(18)32(28,29)19-8-3-4-13-22-19/h3-14,23H,1-2H3/t14-/m0/s1. The highest BCUT2D eigenvalue weighted by Crippen LogP contribution is 2.35. The zero-order chi connectivity index (χ0) is 23.7. The molecule has 12 heteroatoms. The normalized spacial score (nSPS) is 13.6. The lowest BCUT2D eigenvalue weighted by Crippen LogP contribution is -2.25. The smallest absolute Gasteiger partial charge is 0.226 e. The molecule has 0 fully saturated rings. The molecule has 3 rings (SSSR count). The molecule has 3 aromatic rings. The fraction of sp³-hybridized carbons (Fsp3) is 0.150. The number of hydrogen-bond donors (Lipinski definition) is 1. The van der Waals surface area contributed by atoms with Crippen LogP contribution in [-0.4, -0.2) is 36.5 Å². The Labute approximate surface area is 192 Å².